The lowest BCUT2D eigenvalue weighted by Crippen LogP contribution is -2.64. The molecule has 5 heteroatoms. The molecule has 2 aliphatic carbocycles. The van der Waals surface area contributed by atoms with E-state index in [2.05, 4.69) is 0 Å². The van der Waals surface area contributed by atoms with E-state index in [0.29, 0.717) is 17.6 Å². The largest absolute Gasteiger partial charge is 0.423 e. The maximum absolute atomic E-state index is 12.2. The zero-order valence-corrected chi connectivity index (χ0v) is 11.8. The van der Waals surface area contributed by atoms with Gasteiger partial charge in [-0.05, 0) is 25.3 Å². The maximum Gasteiger partial charge on any atom is 0.339 e. The van der Waals surface area contributed by atoms with Gasteiger partial charge in [0.05, 0.1) is 6.10 Å². The second-order valence-electron chi connectivity index (χ2n) is 6.25. The first-order valence-corrected chi connectivity index (χ1v) is 6.83. The van der Waals surface area contributed by atoms with Gasteiger partial charge in [-0.2, -0.15) is 0 Å². The van der Waals surface area contributed by atoms with Crippen molar-refractivity contribution in [2.75, 3.05) is 0 Å². The first-order chi connectivity index (χ1) is 9.23. The molecule has 1 saturated carbocycles. The number of hydrogen-bond acceptors (Lipinski definition) is 5. The lowest BCUT2D eigenvalue weighted by atomic mass is 9.52. The highest BCUT2D eigenvalue weighted by Crippen LogP contribution is 2.56. The normalized spacial score (nSPS) is 44.0. The highest BCUT2D eigenvalue weighted by Gasteiger charge is 2.64. The van der Waals surface area contributed by atoms with Gasteiger partial charge in [-0.25, -0.2) is 4.79 Å². The van der Waals surface area contributed by atoms with Crippen LogP contribution in [0.5, 0.6) is 0 Å². The van der Waals surface area contributed by atoms with Crippen molar-refractivity contribution in [3.8, 4) is 0 Å². The first kappa shape index (κ1) is 13.5. The number of fused-ring (bicyclic) bond motifs is 2. The molecule has 108 valence electrons. The Morgan fingerprint density at radius 2 is 2.05 bits per heavy atom. The quantitative estimate of drug-likeness (QED) is 0.642. The first-order valence-electron chi connectivity index (χ1n) is 6.83. The maximum atomic E-state index is 12.2. The van der Waals surface area contributed by atoms with Gasteiger partial charge in [-0.3, -0.25) is 4.79 Å². The van der Waals surface area contributed by atoms with Crippen molar-refractivity contribution < 1.29 is 24.5 Å². The second kappa shape index (κ2) is 3.80. The molecule has 4 atom stereocenters. The van der Waals surface area contributed by atoms with Crippen molar-refractivity contribution >= 4 is 11.8 Å². The molecule has 3 rings (SSSR count). The second-order valence-corrected chi connectivity index (χ2v) is 6.25. The third-order valence-electron chi connectivity index (χ3n) is 5.43. The summed E-state index contributed by atoms with van der Waals surface area (Å²) in [7, 11) is 0. The van der Waals surface area contributed by atoms with Crippen LogP contribution >= 0.6 is 0 Å². The van der Waals surface area contributed by atoms with E-state index in [1.54, 1.807) is 13.8 Å². The lowest BCUT2D eigenvalue weighted by Gasteiger charge is -2.54. The fraction of sp³-hybridized carbons (Fsp3) is 0.600. The predicted octanol–water partition coefficient (Wildman–Crippen LogP) is 0.855. The number of ketones is 1. The van der Waals surface area contributed by atoms with Crippen LogP contribution in [0.2, 0.25) is 0 Å². The summed E-state index contributed by atoms with van der Waals surface area (Å²) in [6.07, 6.45) is 1.09. The van der Waals surface area contributed by atoms with Crippen molar-refractivity contribution in [1.29, 1.82) is 0 Å². The Bertz CT molecular complexity index is 587. The van der Waals surface area contributed by atoms with Gasteiger partial charge in [0, 0.05) is 23.0 Å². The SMILES string of the molecule is CC1=C2C(=C[C@]3(O)C(=O)CC[C@H](C)[C@@]3(C)[C@H]2O)OC1=O. The average molecular weight is 278 g/mol. The van der Waals surface area contributed by atoms with E-state index >= 15 is 0 Å². The molecular formula is C15H18O5. The molecule has 0 unspecified atom stereocenters. The topological polar surface area (TPSA) is 83.8 Å². The van der Waals surface area contributed by atoms with Gasteiger partial charge in [-0.1, -0.05) is 13.8 Å². The van der Waals surface area contributed by atoms with Crippen LogP contribution in [0.15, 0.2) is 23.0 Å². The zero-order chi connectivity index (χ0) is 14.9. The monoisotopic (exact) mass is 278 g/mol. The lowest BCUT2D eigenvalue weighted by molar-refractivity contribution is -0.174. The molecule has 1 aliphatic heterocycles. The van der Waals surface area contributed by atoms with Crippen LogP contribution in [0.1, 0.15) is 33.6 Å². The Morgan fingerprint density at radius 1 is 1.40 bits per heavy atom. The summed E-state index contributed by atoms with van der Waals surface area (Å²) in [5.41, 5.74) is -2.08. The van der Waals surface area contributed by atoms with Crippen molar-refractivity contribution in [3.05, 3.63) is 23.0 Å². The van der Waals surface area contributed by atoms with Gasteiger partial charge in [0.25, 0.3) is 0 Å². The van der Waals surface area contributed by atoms with Crippen LogP contribution in [0.3, 0.4) is 0 Å². The molecule has 0 bridgehead atoms. The minimum atomic E-state index is -1.78. The minimum absolute atomic E-state index is 0.0611. The molecule has 1 fully saturated rings. The van der Waals surface area contributed by atoms with E-state index in [0.717, 1.165) is 0 Å². The van der Waals surface area contributed by atoms with Gasteiger partial charge in [0.15, 0.2) is 11.4 Å². The molecule has 0 spiro atoms. The van der Waals surface area contributed by atoms with Crippen molar-refractivity contribution in [2.45, 2.75) is 45.3 Å². The van der Waals surface area contributed by atoms with E-state index in [1.165, 1.54) is 6.08 Å². The number of carbonyl (C=O) groups excluding carboxylic acids is 2. The Hall–Kier alpha value is -1.46. The molecule has 2 N–H and O–H groups in total. The number of rotatable bonds is 0. The Morgan fingerprint density at radius 3 is 2.70 bits per heavy atom. The predicted molar refractivity (Wildman–Crippen MR) is 69.3 cm³/mol. The van der Waals surface area contributed by atoms with Crippen LogP contribution in [-0.4, -0.2) is 33.7 Å². The number of aliphatic hydroxyl groups is 2. The summed E-state index contributed by atoms with van der Waals surface area (Å²) < 4.78 is 5.07. The van der Waals surface area contributed by atoms with Crippen LogP contribution < -0.4 is 0 Å². The number of esters is 1. The third-order valence-corrected chi connectivity index (χ3v) is 5.43. The van der Waals surface area contributed by atoms with Crippen LogP contribution in [0.4, 0.5) is 0 Å². The molecule has 0 radical (unpaired) electrons. The zero-order valence-electron chi connectivity index (χ0n) is 11.8. The molecule has 3 aliphatic rings. The molecular weight excluding hydrogens is 260 g/mol. The molecule has 0 aromatic rings. The number of aliphatic hydroxyl groups excluding tert-OH is 1. The number of carbonyl (C=O) groups is 2. The average Bonchev–Trinajstić information content (AvgIpc) is 2.66. The van der Waals surface area contributed by atoms with Crippen molar-refractivity contribution in [2.24, 2.45) is 11.3 Å². The molecule has 1 heterocycles. The Balaban J connectivity index is 2.28. The summed E-state index contributed by atoms with van der Waals surface area (Å²) in [6, 6.07) is 0. The molecule has 0 amide bonds. The molecule has 5 nitrogen and oxygen atoms in total. The number of Topliss-reactive ketones (excluding diaryl/α,β-unsaturated/α-hetero) is 1. The van der Waals surface area contributed by atoms with E-state index in [9.17, 15) is 19.8 Å². The van der Waals surface area contributed by atoms with E-state index in [1.807, 2.05) is 6.92 Å². The number of hydrogen-bond donors (Lipinski definition) is 2. The summed E-state index contributed by atoms with van der Waals surface area (Å²) >= 11 is 0. The fourth-order valence-electron chi connectivity index (χ4n) is 3.69. The molecule has 0 saturated heterocycles. The Kier molecular flexibility index (Phi) is 2.57. The van der Waals surface area contributed by atoms with Gasteiger partial charge in [0.1, 0.15) is 5.76 Å². The van der Waals surface area contributed by atoms with E-state index < -0.39 is 23.1 Å². The Labute approximate surface area is 116 Å². The van der Waals surface area contributed by atoms with Crippen molar-refractivity contribution in [3.63, 3.8) is 0 Å². The minimum Gasteiger partial charge on any atom is -0.423 e. The van der Waals surface area contributed by atoms with Crippen LogP contribution in [0.25, 0.3) is 0 Å². The molecule has 20 heavy (non-hydrogen) atoms. The number of ether oxygens (including phenoxy) is 1. The standard InChI is InChI=1S/C15H18O5/c1-7-4-5-10(16)15(19)6-9-11(8(2)13(18)20-9)12(17)14(7,15)3/h6-7,12,17,19H,4-5H2,1-3H3/t7-,12-,14-,15-/m0/s1. The van der Waals surface area contributed by atoms with Gasteiger partial charge in [0.2, 0.25) is 0 Å². The van der Waals surface area contributed by atoms with E-state index in [4.69, 9.17) is 4.74 Å². The smallest absolute Gasteiger partial charge is 0.339 e. The fourth-order valence-corrected chi connectivity index (χ4v) is 3.69. The van der Waals surface area contributed by atoms with Crippen LogP contribution in [0, 0.1) is 11.3 Å². The van der Waals surface area contributed by atoms with Gasteiger partial charge in [-0.15, -0.1) is 0 Å². The van der Waals surface area contributed by atoms with Gasteiger partial charge >= 0.3 is 5.97 Å². The summed E-state index contributed by atoms with van der Waals surface area (Å²) in [4.78, 5) is 23.9. The highest BCUT2D eigenvalue weighted by atomic mass is 16.5. The molecule has 0 aromatic carbocycles. The third kappa shape index (κ3) is 1.29. The van der Waals surface area contributed by atoms with Gasteiger partial charge < -0.3 is 14.9 Å². The van der Waals surface area contributed by atoms with Crippen molar-refractivity contribution in [1.82, 2.24) is 0 Å². The summed E-state index contributed by atoms with van der Waals surface area (Å²) in [5, 5.41) is 21.6. The van der Waals surface area contributed by atoms with E-state index in [-0.39, 0.29) is 23.9 Å². The molecule has 0 aromatic heterocycles. The summed E-state index contributed by atoms with van der Waals surface area (Å²) in [5.74, 6) is -0.794. The highest BCUT2D eigenvalue weighted by molar-refractivity contribution is 5.97. The summed E-state index contributed by atoms with van der Waals surface area (Å²) in [6.45, 7) is 5.20. The van der Waals surface area contributed by atoms with Crippen LogP contribution in [-0.2, 0) is 14.3 Å².